The topological polar surface area (TPSA) is 12.0 Å². The van der Waals surface area contributed by atoms with Gasteiger partial charge < -0.3 is 5.32 Å². The third kappa shape index (κ3) is 4.11. The lowest BCUT2D eigenvalue weighted by molar-refractivity contribution is 0.434. The van der Waals surface area contributed by atoms with Crippen LogP contribution in [0.2, 0.25) is 0 Å². The smallest absolute Gasteiger partial charge is 0.0110 e. The van der Waals surface area contributed by atoms with E-state index in [2.05, 4.69) is 54.4 Å². The zero-order valence-corrected chi connectivity index (χ0v) is 12.2. The van der Waals surface area contributed by atoms with Crippen molar-refractivity contribution >= 4 is 0 Å². The van der Waals surface area contributed by atoms with E-state index >= 15 is 0 Å². The van der Waals surface area contributed by atoms with E-state index in [0.717, 1.165) is 24.8 Å². The molecule has 2 rings (SSSR count). The summed E-state index contributed by atoms with van der Waals surface area (Å²) in [4.78, 5) is 0. The van der Waals surface area contributed by atoms with Gasteiger partial charge in [0.25, 0.3) is 0 Å². The molecule has 3 unspecified atom stereocenters. The van der Waals surface area contributed by atoms with Crippen molar-refractivity contribution in [2.24, 2.45) is 5.92 Å². The number of hydrogen-bond donors (Lipinski definition) is 1. The van der Waals surface area contributed by atoms with Gasteiger partial charge in [0.15, 0.2) is 0 Å². The second-order valence-corrected chi connectivity index (χ2v) is 5.44. The fourth-order valence-corrected chi connectivity index (χ4v) is 2.89. The number of rotatable bonds is 7. The Morgan fingerprint density at radius 2 is 2.11 bits per heavy atom. The summed E-state index contributed by atoms with van der Waals surface area (Å²) in [5.41, 5.74) is 1.51. The summed E-state index contributed by atoms with van der Waals surface area (Å²) in [5.74, 6) is 7.79. The second kappa shape index (κ2) is 7.36. The molecule has 0 amide bonds. The Morgan fingerprint density at radius 1 is 1.32 bits per heavy atom. The van der Waals surface area contributed by atoms with Crippen LogP contribution in [0.25, 0.3) is 0 Å². The first-order chi connectivity index (χ1) is 9.36. The van der Waals surface area contributed by atoms with Gasteiger partial charge in [-0.15, -0.1) is 11.8 Å². The summed E-state index contributed by atoms with van der Waals surface area (Å²) in [6.07, 6.45) is 4.76. The standard InChI is InChI=1S/C18H25N/c1-3-5-7-12-18(19-13-4-2)17-14-16(17)15-10-8-6-9-11-15/h6,8-11,16-19H,4,7,12-14H2,1-2H3. The molecule has 1 aromatic rings. The van der Waals surface area contributed by atoms with E-state index in [-0.39, 0.29) is 0 Å². The molecule has 102 valence electrons. The van der Waals surface area contributed by atoms with Crippen LogP contribution in [0.1, 0.15) is 51.0 Å². The van der Waals surface area contributed by atoms with Crippen molar-refractivity contribution in [3.63, 3.8) is 0 Å². The maximum Gasteiger partial charge on any atom is 0.0110 e. The van der Waals surface area contributed by atoms with Crippen molar-refractivity contribution in [2.75, 3.05) is 6.54 Å². The molecule has 1 saturated carbocycles. The van der Waals surface area contributed by atoms with Crippen molar-refractivity contribution in [3.8, 4) is 11.8 Å². The number of benzene rings is 1. The molecule has 1 nitrogen and oxygen atoms in total. The molecule has 1 aliphatic rings. The molecular formula is C18H25N. The lowest BCUT2D eigenvalue weighted by Crippen LogP contribution is -2.32. The molecule has 1 aliphatic carbocycles. The van der Waals surface area contributed by atoms with Gasteiger partial charge in [-0.05, 0) is 50.1 Å². The van der Waals surface area contributed by atoms with Gasteiger partial charge in [-0.3, -0.25) is 0 Å². The van der Waals surface area contributed by atoms with E-state index in [1.807, 2.05) is 6.92 Å². The molecule has 0 radical (unpaired) electrons. The maximum absolute atomic E-state index is 3.72. The van der Waals surface area contributed by atoms with Gasteiger partial charge in [-0.1, -0.05) is 37.3 Å². The van der Waals surface area contributed by atoms with Crippen LogP contribution in [-0.2, 0) is 0 Å². The van der Waals surface area contributed by atoms with Crippen molar-refractivity contribution in [3.05, 3.63) is 35.9 Å². The minimum Gasteiger partial charge on any atom is -0.314 e. The molecule has 0 spiro atoms. The van der Waals surface area contributed by atoms with Gasteiger partial charge in [0.2, 0.25) is 0 Å². The predicted octanol–water partition coefficient (Wildman–Crippen LogP) is 3.96. The SMILES string of the molecule is CC#CCCC(NCCC)C1CC1c1ccccc1. The maximum atomic E-state index is 3.72. The highest BCUT2D eigenvalue weighted by atomic mass is 14.9. The minimum absolute atomic E-state index is 0.644. The van der Waals surface area contributed by atoms with Crippen LogP contribution in [-0.4, -0.2) is 12.6 Å². The van der Waals surface area contributed by atoms with Crippen LogP contribution in [0, 0.1) is 17.8 Å². The largest absolute Gasteiger partial charge is 0.314 e. The summed E-state index contributed by atoms with van der Waals surface area (Å²) in [6.45, 7) is 5.29. The van der Waals surface area contributed by atoms with Gasteiger partial charge in [0, 0.05) is 12.5 Å². The number of nitrogens with one attached hydrogen (secondary N) is 1. The highest BCUT2D eigenvalue weighted by molar-refractivity contribution is 5.26. The molecule has 3 atom stereocenters. The van der Waals surface area contributed by atoms with E-state index in [1.165, 1.54) is 24.8 Å². The highest BCUT2D eigenvalue weighted by Crippen LogP contribution is 2.50. The van der Waals surface area contributed by atoms with Crippen molar-refractivity contribution in [1.29, 1.82) is 0 Å². The van der Waals surface area contributed by atoms with E-state index in [9.17, 15) is 0 Å². The first-order valence-electron chi connectivity index (χ1n) is 7.54. The monoisotopic (exact) mass is 255 g/mol. The first-order valence-corrected chi connectivity index (χ1v) is 7.54. The summed E-state index contributed by atoms with van der Waals surface area (Å²) in [7, 11) is 0. The molecule has 1 heteroatoms. The second-order valence-electron chi connectivity index (χ2n) is 5.44. The Morgan fingerprint density at radius 3 is 2.79 bits per heavy atom. The fourth-order valence-electron chi connectivity index (χ4n) is 2.89. The molecular weight excluding hydrogens is 230 g/mol. The minimum atomic E-state index is 0.644. The molecule has 1 fully saturated rings. The fraction of sp³-hybridized carbons (Fsp3) is 0.556. The van der Waals surface area contributed by atoms with Crippen LogP contribution in [0.4, 0.5) is 0 Å². The average Bonchev–Trinajstić information content (AvgIpc) is 3.24. The third-order valence-electron chi connectivity index (χ3n) is 4.00. The van der Waals surface area contributed by atoms with E-state index in [4.69, 9.17) is 0 Å². The van der Waals surface area contributed by atoms with Crippen molar-refractivity contribution in [2.45, 2.75) is 51.5 Å². The Kier molecular flexibility index (Phi) is 5.48. The van der Waals surface area contributed by atoms with Gasteiger partial charge in [-0.25, -0.2) is 0 Å². The van der Waals surface area contributed by atoms with Gasteiger partial charge in [0.1, 0.15) is 0 Å². The molecule has 1 aromatic carbocycles. The summed E-state index contributed by atoms with van der Waals surface area (Å²) in [5, 5.41) is 3.72. The van der Waals surface area contributed by atoms with Crippen molar-refractivity contribution < 1.29 is 0 Å². The summed E-state index contributed by atoms with van der Waals surface area (Å²) in [6, 6.07) is 11.6. The molecule has 0 bridgehead atoms. The zero-order chi connectivity index (χ0) is 13.5. The molecule has 0 aliphatic heterocycles. The van der Waals surface area contributed by atoms with Crippen LogP contribution in [0.5, 0.6) is 0 Å². The zero-order valence-electron chi connectivity index (χ0n) is 12.2. The highest BCUT2D eigenvalue weighted by Gasteiger charge is 2.42. The molecule has 1 N–H and O–H groups in total. The van der Waals surface area contributed by atoms with E-state index in [0.29, 0.717) is 6.04 Å². The van der Waals surface area contributed by atoms with Crippen molar-refractivity contribution in [1.82, 2.24) is 5.32 Å². The molecule has 0 aromatic heterocycles. The molecule has 0 saturated heterocycles. The van der Waals surface area contributed by atoms with Gasteiger partial charge >= 0.3 is 0 Å². The summed E-state index contributed by atoms with van der Waals surface area (Å²) >= 11 is 0. The van der Waals surface area contributed by atoms with Crippen LogP contribution in [0.15, 0.2) is 30.3 Å². The predicted molar refractivity (Wildman–Crippen MR) is 82.1 cm³/mol. The Bertz CT molecular complexity index is 426. The quantitative estimate of drug-likeness (QED) is 0.727. The van der Waals surface area contributed by atoms with Gasteiger partial charge in [-0.2, -0.15) is 0 Å². The average molecular weight is 255 g/mol. The Labute approximate surface area is 117 Å². The molecule has 0 heterocycles. The third-order valence-corrected chi connectivity index (χ3v) is 4.00. The van der Waals surface area contributed by atoms with E-state index < -0.39 is 0 Å². The summed E-state index contributed by atoms with van der Waals surface area (Å²) < 4.78 is 0. The lowest BCUT2D eigenvalue weighted by Gasteiger charge is -2.17. The van der Waals surface area contributed by atoms with Crippen LogP contribution < -0.4 is 5.32 Å². The van der Waals surface area contributed by atoms with E-state index in [1.54, 1.807) is 0 Å². The Hall–Kier alpha value is -1.26. The first kappa shape index (κ1) is 14.2. The molecule has 19 heavy (non-hydrogen) atoms. The number of hydrogen-bond acceptors (Lipinski definition) is 1. The normalized spacial score (nSPS) is 22.4. The van der Waals surface area contributed by atoms with Crippen LogP contribution in [0.3, 0.4) is 0 Å². The van der Waals surface area contributed by atoms with Crippen LogP contribution >= 0.6 is 0 Å². The van der Waals surface area contributed by atoms with Gasteiger partial charge in [0.05, 0.1) is 0 Å². The Balaban J connectivity index is 1.90. The lowest BCUT2D eigenvalue weighted by atomic mass is 10.0.